The highest BCUT2D eigenvalue weighted by molar-refractivity contribution is 5.20. The van der Waals surface area contributed by atoms with Crippen LogP contribution in [0.25, 0.3) is 0 Å². The summed E-state index contributed by atoms with van der Waals surface area (Å²) in [6, 6.07) is 0. The summed E-state index contributed by atoms with van der Waals surface area (Å²) in [6.45, 7) is 11.1. The molecule has 0 atom stereocenters. The van der Waals surface area contributed by atoms with Crippen molar-refractivity contribution in [1.29, 1.82) is 0 Å². The molecule has 1 aliphatic heterocycles. The maximum atomic E-state index is 5.69. The lowest BCUT2D eigenvalue weighted by atomic mass is 10.2. The van der Waals surface area contributed by atoms with Crippen LogP contribution in [0, 0.1) is 5.92 Å². The van der Waals surface area contributed by atoms with Gasteiger partial charge in [0.2, 0.25) is 0 Å². The molecule has 0 saturated carbocycles. The standard InChI is InChI=1S/C14H25N3O/c1-4-14-16-12-9-15-6-5-13(12)17(14)7-8-18-10-11(2)3/h11,15H,4-10H2,1-3H3. The highest BCUT2D eigenvalue weighted by Crippen LogP contribution is 2.16. The van der Waals surface area contributed by atoms with Crippen LogP contribution in [0.15, 0.2) is 0 Å². The third-order valence-electron chi connectivity index (χ3n) is 3.29. The maximum Gasteiger partial charge on any atom is 0.109 e. The van der Waals surface area contributed by atoms with Gasteiger partial charge in [0.05, 0.1) is 12.3 Å². The number of hydrogen-bond donors (Lipinski definition) is 1. The summed E-state index contributed by atoms with van der Waals surface area (Å²) in [6.07, 6.45) is 2.09. The van der Waals surface area contributed by atoms with Gasteiger partial charge < -0.3 is 14.6 Å². The molecule has 1 aromatic rings. The first-order chi connectivity index (χ1) is 8.72. The summed E-state index contributed by atoms with van der Waals surface area (Å²) in [7, 11) is 0. The highest BCUT2D eigenvalue weighted by atomic mass is 16.5. The Labute approximate surface area is 110 Å². The highest BCUT2D eigenvalue weighted by Gasteiger charge is 2.18. The molecule has 2 heterocycles. The molecule has 4 heteroatoms. The molecule has 0 aromatic carbocycles. The van der Waals surface area contributed by atoms with Crippen LogP contribution in [0.2, 0.25) is 0 Å². The van der Waals surface area contributed by atoms with Crippen molar-refractivity contribution in [3.8, 4) is 0 Å². The summed E-state index contributed by atoms with van der Waals surface area (Å²) in [5.74, 6) is 1.81. The molecule has 0 bridgehead atoms. The van der Waals surface area contributed by atoms with E-state index in [2.05, 4.69) is 30.7 Å². The molecule has 0 aliphatic carbocycles. The van der Waals surface area contributed by atoms with E-state index in [-0.39, 0.29) is 0 Å². The summed E-state index contributed by atoms with van der Waals surface area (Å²) >= 11 is 0. The average Bonchev–Trinajstić information content (AvgIpc) is 2.72. The second-order valence-corrected chi connectivity index (χ2v) is 5.32. The minimum absolute atomic E-state index is 0.608. The predicted molar refractivity (Wildman–Crippen MR) is 72.7 cm³/mol. The molecular formula is C14H25N3O. The summed E-state index contributed by atoms with van der Waals surface area (Å²) < 4.78 is 8.07. The molecule has 0 saturated heterocycles. The first-order valence-electron chi connectivity index (χ1n) is 7.08. The second kappa shape index (κ2) is 6.34. The molecular weight excluding hydrogens is 226 g/mol. The zero-order chi connectivity index (χ0) is 13.0. The number of imidazole rings is 1. The molecule has 0 spiro atoms. The van der Waals surface area contributed by atoms with Crippen molar-refractivity contribution >= 4 is 0 Å². The summed E-state index contributed by atoms with van der Waals surface area (Å²) in [5, 5.41) is 3.38. The first-order valence-corrected chi connectivity index (χ1v) is 7.08. The van der Waals surface area contributed by atoms with Crippen LogP contribution in [0.5, 0.6) is 0 Å². The summed E-state index contributed by atoms with van der Waals surface area (Å²) in [5.41, 5.74) is 2.65. The van der Waals surface area contributed by atoms with E-state index in [0.29, 0.717) is 5.92 Å². The van der Waals surface area contributed by atoms with Crippen LogP contribution in [0.1, 0.15) is 38.0 Å². The quantitative estimate of drug-likeness (QED) is 0.783. The zero-order valence-electron chi connectivity index (χ0n) is 11.8. The van der Waals surface area contributed by atoms with E-state index in [4.69, 9.17) is 9.72 Å². The van der Waals surface area contributed by atoms with Crippen LogP contribution >= 0.6 is 0 Å². The van der Waals surface area contributed by atoms with E-state index in [0.717, 1.165) is 45.7 Å². The van der Waals surface area contributed by atoms with Crippen LogP contribution in [-0.4, -0.2) is 29.3 Å². The number of ether oxygens (including phenoxy) is 1. The SMILES string of the molecule is CCc1nc2c(n1CCOCC(C)C)CCNC2. The Hall–Kier alpha value is -0.870. The maximum absolute atomic E-state index is 5.69. The van der Waals surface area contributed by atoms with Gasteiger partial charge in [-0.1, -0.05) is 20.8 Å². The topological polar surface area (TPSA) is 39.1 Å². The molecule has 0 radical (unpaired) electrons. The Kier molecular flexibility index (Phi) is 4.78. The van der Waals surface area contributed by atoms with E-state index in [1.807, 2.05) is 0 Å². The van der Waals surface area contributed by atoms with Crippen molar-refractivity contribution in [3.05, 3.63) is 17.2 Å². The average molecular weight is 251 g/mol. The van der Waals surface area contributed by atoms with Gasteiger partial charge in [-0.25, -0.2) is 4.98 Å². The third-order valence-corrected chi connectivity index (χ3v) is 3.29. The van der Waals surface area contributed by atoms with E-state index in [1.54, 1.807) is 0 Å². The number of rotatable bonds is 6. The van der Waals surface area contributed by atoms with Crippen molar-refractivity contribution < 1.29 is 4.74 Å². The van der Waals surface area contributed by atoms with Gasteiger partial charge in [-0.15, -0.1) is 0 Å². The summed E-state index contributed by atoms with van der Waals surface area (Å²) in [4.78, 5) is 4.73. The van der Waals surface area contributed by atoms with Crippen molar-refractivity contribution in [2.45, 2.75) is 46.7 Å². The van der Waals surface area contributed by atoms with Crippen molar-refractivity contribution in [3.63, 3.8) is 0 Å². The van der Waals surface area contributed by atoms with E-state index < -0.39 is 0 Å². The van der Waals surface area contributed by atoms with Gasteiger partial charge in [-0.3, -0.25) is 0 Å². The molecule has 0 unspecified atom stereocenters. The smallest absolute Gasteiger partial charge is 0.109 e. The molecule has 102 valence electrons. The third kappa shape index (κ3) is 3.12. The van der Waals surface area contributed by atoms with Gasteiger partial charge in [0.15, 0.2) is 0 Å². The lowest BCUT2D eigenvalue weighted by Crippen LogP contribution is -2.25. The second-order valence-electron chi connectivity index (χ2n) is 5.32. The minimum atomic E-state index is 0.608. The number of fused-ring (bicyclic) bond motifs is 1. The zero-order valence-corrected chi connectivity index (χ0v) is 11.8. The van der Waals surface area contributed by atoms with Gasteiger partial charge in [0.1, 0.15) is 5.82 Å². The Morgan fingerprint density at radius 3 is 3.00 bits per heavy atom. The molecule has 18 heavy (non-hydrogen) atoms. The van der Waals surface area contributed by atoms with Gasteiger partial charge in [-0.2, -0.15) is 0 Å². The molecule has 1 aromatic heterocycles. The minimum Gasteiger partial charge on any atom is -0.379 e. The number of nitrogens with zero attached hydrogens (tertiary/aromatic N) is 2. The van der Waals surface area contributed by atoms with E-state index in [9.17, 15) is 0 Å². The van der Waals surface area contributed by atoms with Gasteiger partial charge in [0.25, 0.3) is 0 Å². The van der Waals surface area contributed by atoms with Crippen LogP contribution in [0.4, 0.5) is 0 Å². The lowest BCUT2D eigenvalue weighted by Gasteiger charge is -2.16. The van der Waals surface area contributed by atoms with E-state index >= 15 is 0 Å². The Balaban J connectivity index is 1.99. The monoisotopic (exact) mass is 251 g/mol. The van der Waals surface area contributed by atoms with Crippen LogP contribution in [0.3, 0.4) is 0 Å². The van der Waals surface area contributed by atoms with Crippen LogP contribution < -0.4 is 5.32 Å². The normalized spacial score (nSPS) is 15.1. The predicted octanol–water partition coefficient (Wildman–Crippen LogP) is 1.76. The molecule has 1 N–H and O–H groups in total. The van der Waals surface area contributed by atoms with Crippen LogP contribution in [-0.2, 0) is 30.7 Å². The number of hydrogen-bond acceptors (Lipinski definition) is 3. The first kappa shape index (κ1) is 13.6. The molecule has 0 amide bonds. The molecule has 0 fully saturated rings. The van der Waals surface area contributed by atoms with Gasteiger partial charge in [-0.05, 0) is 5.92 Å². The fourth-order valence-electron chi connectivity index (χ4n) is 2.44. The molecule has 2 rings (SSSR count). The van der Waals surface area contributed by atoms with Gasteiger partial charge in [0, 0.05) is 44.8 Å². The number of aryl methyl sites for hydroxylation is 1. The van der Waals surface area contributed by atoms with E-state index in [1.165, 1.54) is 17.2 Å². The van der Waals surface area contributed by atoms with Gasteiger partial charge >= 0.3 is 0 Å². The van der Waals surface area contributed by atoms with Crippen molar-refractivity contribution in [1.82, 2.24) is 14.9 Å². The van der Waals surface area contributed by atoms with Crippen molar-refractivity contribution in [2.75, 3.05) is 19.8 Å². The fourth-order valence-corrected chi connectivity index (χ4v) is 2.44. The Bertz CT molecular complexity index is 385. The lowest BCUT2D eigenvalue weighted by molar-refractivity contribution is 0.102. The Morgan fingerprint density at radius 1 is 1.44 bits per heavy atom. The molecule has 4 nitrogen and oxygen atoms in total. The van der Waals surface area contributed by atoms with Crippen molar-refractivity contribution in [2.24, 2.45) is 5.92 Å². The largest absolute Gasteiger partial charge is 0.379 e. The fraction of sp³-hybridized carbons (Fsp3) is 0.786. The molecule has 1 aliphatic rings. The number of aromatic nitrogens is 2. The number of nitrogens with one attached hydrogen (secondary N) is 1. The Morgan fingerprint density at radius 2 is 2.28 bits per heavy atom.